The molecule has 0 saturated heterocycles. The maximum absolute atomic E-state index is 10.8. The standard InChI is InChI=1S/C9H10N2O/c1-3-4-7-5-6-8(12)11-9(7)10-2/h3-6H,2H2,1H3,(H,11,12)/b4-3-. The van der Waals surface area contributed by atoms with Gasteiger partial charge in [-0.15, -0.1) is 0 Å². The number of H-pyrrole nitrogens is 1. The molecule has 0 fully saturated rings. The van der Waals surface area contributed by atoms with E-state index in [9.17, 15) is 4.79 Å². The number of allylic oxidation sites excluding steroid dienone is 1. The summed E-state index contributed by atoms with van der Waals surface area (Å²) in [5.74, 6) is 0.514. The van der Waals surface area contributed by atoms with Crippen LogP contribution >= 0.6 is 0 Å². The number of rotatable bonds is 2. The molecular weight excluding hydrogens is 152 g/mol. The monoisotopic (exact) mass is 162 g/mol. The molecule has 3 heteroatoms. The van der Waals surface area contributed by atoms with Crippen LogP contribution in [0.15, 0.2) is 28.0 Å². The van der Waals surface area contributed by atoms with Crippen LogP contribution in [0.3, 0.4) is 0 Å². The quantitative estimate of drug-likeness (QED) is 0.661. The minimum absolute atomic E-state index is 0.161. The maximum atomic E-state index is 10.8. The number of aliphatic imine (C=N–C) groups is 1. The Hall–Kier alpha value is -1.64. The van der Waals surface area contributed by atoms with Crippen molar-refractivity contribution >= 4 is 18.6 Å². The zero-order valence-corrected chi connectivity index (χ0v) is 6.87. The second-order valence-corrected chi connectivity index (χ2v) is 2.28. The Morgan fingerprint density at radius 2 is 2.33 bits per heavy atom. The van der Waals surface area contributed by atoms with Crippen LogP contribution in [0.1, 0.15) is 12.5 Å². The van der Waals surface area contributed by atoms with Gasteiger partial charge in [-0.05, 0) is 19.7 Å². The van der Waals surface area contributed by atoms with Crippen LogP contribution < -0.4 is 5.56 Å². The molecule has 0 aliphatic carbocycles. The van der Waals surface area contributed by atoms with Crippen molar-refractivity contribution in [3.63, 3.8) is 0 Å². The summed E-state index contributed by atoms with van der Waals surface area (Å²) in [6, 6.07) is 3.17. The van der Waals surface area contributed by atoms with E-state index in [4.69, 9.17) is 0 Å². The fraction of sp³-hybridized carbons (Fsp3) is 0.111. The first kappa shape index (κ1) is 8.46. The van der Waals surface area contributed by atoms with Gasteiger partial charge in [0.2, 0.25) is 5.56 Å². The summed E-state index contributed by atoms with van der Waals surface area (Å²) < 4.78 is 0. The van der Waals surface area contributed by atoms with Crippen LogP contribution in [-0.2, 0) is 0 Å². The van der Waals surface area contributed by atoms with Gasteiger partial charge in [-0.2, -0.15) is 0 Å². The largest absolute Gasteiger partial charge is 0.307 e. The molecule has 3 nitrogen and oxygen atoms in total. The smallest absolute Gasteiger partial charge is 0.249 e. The molecule has 0 aliphatic heterocycles. The second kappa shape index (κ2) is 3.67. The second-order valence-electron chi connectivity index (χ2n) is 2.28. The molecule has 1 aromatic heterocycles. The van der Waals surface area contributed by atoms with Gasteiger partial charge in [0.25, 0.3) is 0 Å². The predicted octanol–water partition coefficient (Wildman–Crippen LogP) is 1.74. The third kappa shape index (κ3) is 1.69. The van der Waals surface area contributed by atoms with Gasteiger partial charge >= 0.3 is 0 Å². The first-order valence-electron chi connectivity index (χ1n) is 3.60. The zero-order valence-electron chi connectivity index (χ0n) is 6.87. The summed E-state index contributed by atoms with van der Waals surface area (Å²) in [6.07, 6.45) is 3.74. The zero-order chi connectivity index (χ0) is 8.97. The number of pyridine rings is 1. The highest BCUT2D eigenvalue weighted by molar-refractivity contribution is 5.61. The molecular formula is C9H10N2O. The molecule has 1 rings (SSSR count). The Balaban J connectivity index is 3.29. The first-order valence-corrected chi connectivity index (χ1v) is 3.60. The van der Waals surface area contributed by atoms with Gasteiger partial charge in [0, 0.05) is 11.6 Å². The lowest BCUT2D eigenvalue weighted by Crippen LogP contribution is -2.02. The number of nitrogens with one attached hydrogen (secondary N) is 1. The van der Waals surface area contributed by atoms with E-state index in [2.05, 4.69) is 16.7 Å². The minimum Gasteiger partial charge on any atom is -0.307 e. The summed E-state index contributed by atoms with van der Waals surface area (Å²) >= 11 is 0. The van der Waals surface area contributed by atoms with E-state index in [0.29, 0.717) is 5.82 Å². The van der Waals surface area contributed by atoms with Gasteiger partial charge in [0.1, 0.15) is 5.82 Å². The number of hydrogen-bond acceptors (Lipinski definition) is 2. The molecule has 12 heavy (non-hydrogen) atoms. The average Bonchev–Trinajstić information content (AvgIpc) is 2.08. The molecule has 0 radical (unpaired) electrons. The van der Waals surface area contributed by atoms with Crippen molar-refractivity contribution in [2.45, 2.75) is 6.92 Å². The number of aromatic amines is 1. The topological polar surface area (TPSA) is 45.2 Å². The molecule has 0 aromatic carbocycles. The van der Waals surface area contributed by atoms with Crippen molar-refractivity contribution in [2.24, 2.45) is 4.99 Å². The lowest BCUT2D eigenvalue weighted by atomic mass is 10.2. The third-order valence-electron chi connectivity index (χ3n) is 1.43. The van der Waals surface area contributed by atoms with Crippen LogP contribution in [0, 0.1) is 0 Å². The summed E-state index contributed by atoms with van der Waals surface area (Å²) in [6.45, 7) is 5.26. The van der Waals surface area contributed by atoms with Crippen LogP contribution in [0.4, 0.5) is 5.82 Å². The summed E-state index contributed by atoms with van der Waals surface area (Å²) in [5, 5.41) is 0. The Bertz CT molecular complexity index is 363. The highest BCUT2D eigenvalue weighted by Crippen LogP contribution is 2.13. The molecule has 0 amide bonds. The Kier molecular flexibility index (Phi) is 2.58. The molecule has 0 unspecified atom stereocenters. The molecule has 1 heterocycles. The molecule has 0 bridgehead atoms. The summed E-state index contributed by atoms with van der Waals surface area (Å²) in [4.78, 5) is 17.1. The van der Waals surface area contributed by atoms with E-state index in [1.165, 1.54) is 6.07 Å². The molecule has 1 aromatic rings. The highest BCUT2D eigenvalue weighted by Gasteiger charge is 1.95. The lowest BCUT2D eigenvalue weighted by molar-refractivity contribution is 1.20. The van der Waals surface area contributed by atoms with Crippen LogP contribution in [0.25, 0.3) is 6.08 Å². The van der Waals surface area contributed by atoms with Gasteiger partial charge in [0.05, 0.1) is 0 Å². The molecule has 0 saturated carbocycles. The highest BCUT2D eigenvalue weighted by atomic mass is 16.1. The van der Waals surface area contributed by atoms with Gasteiger partial charge in [-0.1, -0.05) is 12.2 Å². The van der Waals surface area contributed by atoms with E-state index < -0.39 is 0 Å². The van der Waals surface area contributed by atoms with Crippen molar-refractivity contribution in [1.82, 2.24) is 4.98 Å². The van der Waals surface area contributed by atoms with Gasteiger partial charge < -0.3 is 4.98 Å². The molecule has 1 N–H and O–H groups in total. The van der Waals surface area contributed by atoms with Crippen molar-refractivity contribution in [2.75, 3.05) is 0 Å². The van der Waals surface area contributed by atoms with E-state index in [-0.39, 0.29) is 5.56 Å². The molecule has 0 spiro atoms. The Morgan fingerprint density at radius 3 is 2.92 bits per heavy atom. The van der Waals surface area contributed by atoms with Crippen molar-refractivity contribution in [1.29, 1.82) is 0 Å². The lowest BCUT2D eigenvalue weighted by Gasteiger charge is -1.96. The number of hydrogen-bond donors (Lipinski definition) is 1. The normalized spacial score (nSPS) is 10.4. The SMILES string of the molecule is C=Nc1[nH]c(=O)ccc1/C=C\C. The molecule has 62 valence electrons. The van der Waals surface area contributed by atoms with Crippen LogP contribution in [0.5, 0.6) is 0 Å². The number of aromatic nitrogens is 1. The van der Waals surface area contributed by atoms with Gasteiger partial charge in [0.15, 0.2) is 0 Å². The summed E-state index contributed by atoms with van der Waals surface area (Å²) in [7, 11) is 0. The molecule has 0 atom stereocenters. The van der Waals surface area contributed by atoms with Gasteiger partial charge in [-0.3, -0.25) is 4.79 Å². The minimum atomic E-state index is -0.161. The van der Waals surface area contributed by atoms with E-state index in [0.717, 1.165) is 5.56 Å². The van der Waals surface area contributed by atoms with E-state index in [1.54, 1.807) is 6.07 Å². The Morgan fingerprint density at radius 1 is 1.58 bits per heavy atom. The van der Waals surface area contributed by atoms with E-state index in [1.807, 2.05) is 19.1 Å². The predicted molar refractivity (Wildman–Crippen MR) is 51.0 cm³/mol. The number of nitrogens with zero attached hydrogens (tertiary/aromatic N) is 1. The van der Waals surface area contributed by atoms with Crippen molar-refractivity contribution < 1.29 is 0 Å². The third-order valence-corrected chi connectivity index (χ3v) is 1.43. The van der Waals surface area contributed by atoms with Crippen LogP contribution in [0.2, 0.25) is 0 Å². The summed E-state index contributed by atoms with van der Waals surface area (Å²) in [5.41, 5.74) is 0.706. The van der Waals surface area contributed by atoms with Crippen molar-refractivity contribution in [3.8, 4) is 0 Å². The molecule has 0 aliphatic rings. The first-order chi connectivity index (χ1) is 5.77. The Labute approximate surface area is 70.5 Å². The van der Waals surface area contributed by atoms with Crippen LogP contribution in [-0.4, -0.2) is 11.7 Å². The fourth-order valence-electron chi connectivity index (χ4n) is 0.920. The van der Waals surface area contributed by atoms with Gasteiger partial charge in [-0.25, -0.2) is 4.99 Å². The maximum Gasteiger partial charge on any atom is 0.249 e. The average molecular weight is 162 g/mol. The fourth-order valence-corrected chi connectivity index (χ4v) is 0.920. The van der Waals surface area contributed by atoms with Crippen molar-refractivity contribution in [3.05, 3.63) is 34.1 Å². The van der Waals surface area contributed by atoms with E-state index >= 15 is 0 Å².